The molecule has 1 rings (SSSR count). The Morgan fingerprint density at radius 1 is 1.47 bits per heavy atom. The number of hydrogen-bond acceptors (Lipinski definition) is 3. The van der Waals surface area contributed by atoms with Gasteiger partial charge in [-0.2, -0.15) is 0 Å². The highest BCUT2D eigenvalue weighted by Crippen LogP contribution is 2.16. The molecule has 0 saturated carbocycles. The Kier molecular flexibility index (Phi) is 7.43. The zero-order valence-corrected chi connectivity index (χ0v) is 12.2. The molecule has 0 aliphatic carbocycles. The SMILES string of the molecule is Cc1ccc(CC(C)NC(=O)CC(C)N)s1.Cl. The highest BCUT2D eigenvalue weighted by Gasteiger charge is 2.10. The van der Waals surface area contributed by atoms with Crippen molar-refractivity contribution in [2.45, 2.75) is 45.7 Å². The Bertz CT molecular complexity index is 352. The average molecular weight is 277 g/mol. The molecule has 0 bridgehead atoms. The molecule has 3 nitrogen and oxygen atoms in total. The lowest BCUT2D eigenvalue weighted by atomic mass is 10.2. The molecule has 0 fully saturated rings. The van der Waals surface area contributed by atoms with Crippen LogP contribution in [-0.2, 0) is 11.2 Å². The first-order chi connectivity index (χ1) is 7.47. The van der Waals surface area contributed by atoms with Gasteiger partial charge in [-0.05, 0) is 32.9 Å². The van der Waals surface area contributed by atoms with Crippen molar-refractivity contribution in [3.63, 3.8) is 0 Å². The van der Waals surface area contributed by atoms with Crippen molar-refractivity contribution in [3.05, 3.63) is 21.9 Å². The molecule has 2 unspecified atom stereocenters. The van der Waals surface area contributed by atoms with Crippen molar-refractivity contribution >= 4 is 29.7 Å². The Balaban J connectivity index is 0.00000256. The molecule has 0 saturated heterocycles. The zero-order chi connectivity index (χ0) is 12.1. The lowest BCUT2D eigenvalue weighted by Crippen LogP contribution is -2.36. The molecule has 17 heavy (non-hydrogen) atoms. The lowest BCUT2D eigenvalue weighted by Gasteiger charge is -2.13. The van der Waals surface area contributed by atoms with Crippen molar-refractivity contribution in [1.82, 2.24) is 5.32 Å². The molecule has 0 aliphatic heterocycles. The van der Waals surface area contributed by atoms with Crippen LogP contribution in [0.25, 0.3) is 0 Å². The van der Waals surface area contributed by atoms with Crippen LogP contribution in [0.1, 0.15) is 30.0 Å². The molecule has 5 heteroatoms. The fourth-order valence-electron chi connectivity index (χ4n) is 1.57. The van der Waals surface area contributed by atoms with Gasteiger partial charge in [0, 0.05) is 34.7 Å². The Morgan fingerprint density at radius 2 is 2.12 bits per heavy atom. The minimum absolute atomic E-state index is 0. The number of hydrogen-bond donors (Lipinski definition) is 2. The lowest BCUT2D eigenvalue weighted by molar-refractivity contribution is -0.121. The van der Waals surface area contributed by atoms with E-state index in [0.29, 0.717) is 6.42 Å². The second kappa shape index (κ2) is 7.69. The summed E-state index contributed by atoms with van der Waals surface area (Å²) in [6.07, 6.45) is 1.29. The maximum atomic E-state index is 11.5. The number of halogens is 1. The van der Waals surface area contributed by atoms with E-state index in [0.717, 1.165) is 6.42 Å². The van der Waals surface area contributed by atoms with Gasteiger partial charge in [0.2, 0.25) is 5.91 Å². The average Bonchev–Trinajstić information content (AvgIpc) is 2.48. The molecule has 0 spiro atoms. The van der Waals surface area contributed by atoms with E-state index in [1.807, 2.05) is 13.8 Å². The van der Waals surface area contributed by atoms with Gasteiger partial charge in [-0.1, -0.05) is 0 Å². The zero-order valence-electron chi connectivity index (χ0n) is 10.5. The number of nitrogens with one attached hydrogen (secondary N) is 1. The molecule has 1 amide bonds. The second-order valence-corrected chi connectivity index (χ2v) is 5.74. The number of amides is 1. The van der Waals surface area contributed by atoms with Gasteiger partial charge in [0.15, 0.2) is 0 Å². The van der Waals surface area contributed by atoms with Gasteiger partial charge in [0.25, 0.3) is 0 Å². The first-order valence-corrected chi connectivity index (χ1v) is 6.39. The van der Waals surface area contributed by atoms with Gasteiger partial charge in [-0.3, -0.25) is 4.79 Å². The van der Waals surface area contributed by atoms with Crippen LogP contribution < -0.4 is 11.1 Å². The van der Waals surface area contributed by atoms with Crippen LogP contribution in [-0.4, -0.2) is 18.0 Å². The van der Waals surface area contributed by atoms with Crippen LogP contribution in [0.4, 0.5) is 0 Å². The number of aryl methyl sites for hydroxylation is 1. The molecule has 0 aliphatic rings. The highest BCUT2D eigenvalue weighted by molar-refractivity contribution is 7.11. The minimum Gasteiger partial charge on any atom is -0.353 e. The van der Waals surface area contributed by atoms with Crippen LogP contribution in [0.2, 0.25) is 0 Å². The molecule has 0 aromatic carbocycles. The normalized spacial score (nSPS) is 13.6. The summed E-state index contributed by atoms with van der Waals surface area (Å²) in [7, 11) is 0. The number of rotatable bonds is 5. The summed E-state index contributed by atoms with van der Waals surface area (Å²) in [5, 5.41) is 2.96. The molecule has 1 aromatic heterocycles. The maximum absolute atomic E-state index is 11.5. The summed E-state index contributed by atoms with van der Waals surface area (Å²) in [5.74, 6) is 0.0378. The molecule has 0 radical (unpaired) electrons. The highest BCUT2D eigenvalue weighted by atomic mass is 35.5. The summed E-state index contributed by atoms with van der Waals surface area (Å²) >= 11 is 1.78. The largest absolute Gasteiger partial charge is 0.353 e. The minimum atomic E-state index is -0.0730. The third-order valence-corrected chi connectivity index (χ3v) is 3.24. The van der Waals surface area contributed by atoms with Gasteiger partial charge in [-0.25, -0.2) is 0 Å². The topological polar surface area (TPSA) is 55.1 Å². The monoisotopic (exact) mass is 276 g/mol. The van der Waals surface area contributed by atoms with Crippen LogP contribution in [0.5, 0.6) is 0 Å². The predicted molar refractivity (Wildman–Crippen MR) is 75.9 cm³/mol. The summed E-state index contributed by atoms with van der Waals surface area (Å²) in [4.78, 5) is 14.1. The molecule has 2 atom stereocenters. The van der Waals surface area contributed by atoms with E-state index in [9.17, 15) is 4.79 Å². The van der Waals surface area contributed by atoms with E-state index in [2.05, 4.69) is 24.4 Å². The van der Waals surface area contributed by atoms with Crippen LogP contribution >= 0.6 is 23.7 Å². The fraction of sp³-hybridized carbons (Fsp3) is 0.583. The van der Waals surface area contributed by atoms with E-state index in [-0.39, 0.29) is 30.4 Å². The van der Waals surface area contributed by atoms with E-state index in [1.165, 1.54) is 9.75 Å². The van der Waals surface area contributed by atoms with Gasteiger partial charge in [0.1, 0.15) is 0 Å². The molecule has 1 heterocycles. The Labute approximate surface area is 113 Å². The van der Waals surface area contributed by atoms with Crippen molar-refractivity contribution in [1.29, 1.82) is 0 Å². The van der Waals surface area contributed by atoms with Crippen LogP contribution in [0, 0.1) is 6.92 Å². The van der Waals surface area contributed by atoms with Crippen LogP contribution in [0.3, 0.4) is 0 Å². The number of thiophene rings is 1. The van der Waals surface area contributed by atoms with Gasteiger partial charge in [-0.15, -0.1) is 23.7 Å². The summed E-state index contributed by atoms with van der Waals surface area (Å²) < 4.78 is 0. The van der Waals surface area contributed by atoms with Crippen molar-refractivity contribution < 1.29 is 4.79 Å². The molecular formula is C12H21ClN2OS. The van der Waals surface area contributed by atoms with Crippen molar-refractivity contribution in [2.75, 3.05) is 0 Å². The fourth-order valence-corrected chi connectivity index (χ4v) is 2.59. The smallest absolute Gasteiger partial charge is 0.221 e. The molecular weight excluding hydrogens is 256 g/mol. The van der Waals surface area contributed by atoms with E-state index in [4.69, 9.17) is 5.73 Å². The summed E-state index contributed by atoms with van der Waals surface area (Å²) in [6, 6.07) is 4.32. The molecule has 98 valence electrons. The Morgan fingerprint density at radius 3 is 2.59 bits per heavy atom. The van der Waals surface area contributed by atoms with Gasteiger partial charge in [0.05, 0.1) is 0 Å². The van der Waals surface area contributed by atoms with E-state index >= 15 is 0 Å². The summed E-state index contributed by atoms with van der Waals surface area (Å²) in [6.45, 7) is 5.95. The van der Waals surface area contributed by atoms with E-state index in [1.54, 1.807) is 11.3 Å². The first-order valence-electron chi connectivity index (χ1n) is 5.57. The summed E-state index contributed by atoms with van der Waals surface area (Å²) in [5.41, 5.74) is 5.57. The third-order valence-electron chi connectivity index (χ3n) is 2.22. The predicted octanol–water partition coefficient (Wildman–Crippen LogP) is 2.26. The van der Waals surface area contributed by atoms with Crippen molar-refractivity contribution in [3.8, 4) is 0 Å². The molecule has 1 aromatic rings. The maximum Gasteiger partial charge on any atom is 0.221 e. The van der Waals surface area contributed by atoms with E-state index < -0.39 is 0 Å². The van der Waals surface area contributed by atoms with Gasteiger partial charge < -0.3 is 11.1 Å². The first kappa shape index (κ1) is 16.4. The number of carbonyl (C=O) groups excluding carboxylic acids is 1. The third kappa shape index (κ3) is 6.66. The Hall–Kier alpha value is -0.580. The molecule has 3 N–H and O–H groups in total. The second-order valence-electron chi connectivity index (χ2n) is 4.37. The standard InChI is InChI=1S/C12H20N2OS.ClH/c1-8(13)6-12(15)14-9(2)7-11-5-4-10(3)16-11;/h4-5,8-9H,6-7,13H2,1-3H3,(H,14,15);1H. The van der Waals surface area contributed by atoms with Gasteiger partial charge >= 0.3 is 0 Å². The number of nitrogens with two attached hydrogens (primary N) is 1. The number of carbonyl (C=O) groups is 1. The quantitative estimate of drug-likeness (QED) is 0.867. The van der Waals surface area contributed by atoms with Crippen LogP contribution in [0.15, 0.2) is 12.1 Å². The van der Waals surface area contributed by atoms with Crippen molar-refractivity contribution in [2.24, 2.45) is 5.73 Å².